The van der Waals surface area contributed by atoms with Gasteiger partial charge in [-0.1, -0.05) is 0 Å². The number of hydrogen-bond acceptors (Lipinski definition) is 3. The average molecular weight is 309 g/mol. The van der Waals surface area contributed by atoms with E-state index in [1.807, 2.05) is 4.40 Å². The van der Waals surface area contributed by atoms with Crippen LogP contribution in [0.2, 0.25) is 0 Å². The SMILES string of the molecule is c1c(OC2C3CC4CC(C3)CC2C4)c(C2CC2)cn2cnnc12. The minimum atomic E-state index is 0.450. The van der Waals surface area contributed by atoms with E-state index in [1.165, 1.54) is 50.5 Å². The summed E-state index contributed by atoms with van der Waals surface area (Å²) in [5, 5.41) is 8.26. The first-order chi connectivity index (χ1) is 11.3. The lowest BCUT2D eigenvalue weighted by molar-refractivity contribution is -0.0792. The zero-order valence-corrected chi connectivity index (χ0v) is 13.4. The third-order valence-corrected chi connectivity index (χ3v) is 6.84. The van der Waals surface area contributed by atoms with Crippen molar-refractivity contribution in [2.24, 2.45) is 23.7 Å². The highest BCUT2D eigenvalue weighted by Crippen LogP contribution is 2.55. The summed E-state index contributed by atoms with van der Waals surface area (Å²) in [5.74, 6) is 5.39. The molecule has 5 saturated carbocycles. The molecule has 0 aromatic carbocycles. The Morgan fingerprint density at radius 1 is 1.00 bits per heavy atom. The molecule has 7 rings (SSSR count). The van der Waals surface area contributed by atoms with E-state index in [4.69, 9.17) is 4.74 Å². The molecule has 2 aromatic heterocycles. The number of fused-ring (bicyclic) bond motifs is 1. The van der Waals surface area contributed by atoms with E-state index in [-0.39, 0.29) is 0 Å². The van der Waals surface area contributed by atoms with Gasteiger partial charge in [-0.2, -0.15) is 0 Å². The highest BCUT2D eigenvalue weighted by atomic mass is 16.5. The summed E-state index contributed by atoms with van der Waals surface area (Å²) < 4.78 is 8.76. The molecule has 0 N–H and O–H groups in total. The van der Waals surface area contributed by atoms with Crippen molar-refractivity contribution in [2.75, 3.05) is 0 Å². The molecule has 5 aliphatic rings. The van der Waals surface area contributed by atoms with Crippen LogP contribution in [-0.2, 0) is 0 Å². The van der Waals surface area contributed by atoms with Gasteiger partial charge < -0.3 is 4.74 Å². The van der Waals surface area contributed by atoms with Gasteiger partial charge in [-0.15, -0.1) is 10.2 Å². The van der Waals surface area contributed by atoms with Crippen molar-refractivity contribution in [1.82, 2.24) is 14.6 Å². The first kappa shape index (κ1) is 12.8. The maximum atomic E-state index is 6.72. The van der Waals surface area contributed by atoms with E-state index >= 15 is 0 Å². The number of rotatable bonds is 3. The monoisotopic (exact) mass is 309 g/mol. The van der Waals surface area contributed by atoms with Crippen LogP contribution in [0.25, 0.3) is 5.65 Å². The van der Waals surface area contributed by atoms with Gasteiger partial charge in [0.15, 0.2) is 5.65 Å². The third kappa shape index (κ3) is 1.96. The minimum Gasteiger partial charge on any atom is -0.489 e. The number of ether oxygens (including phenoxy) is 1. The zero-order valence-electron chi connectivity index (χ0n) is 13.4. The van der Waals surface area contributed by atoms with Gasteiger partial charge >= 0.3 is 0 Å². The first-order valence-corrected chi connectivity index (χ1v) is 9.33. The highest BCUT2D eigenvalue weighted by Gasteiger charge is 2.49. The van der Waals surface area contributed by atoms with E-state index in [1.54, 1.807) is 6.33 Å². The van der Waals surface area contributed by atoms with Crippen LogP contribution in [0.4, 0.5) is 0 Å². The number of nitrogens with zero attached hydrogens (tertiary/aromatic N) is 3. The van der Waals surface area contributed by atoms with Gasteiger partial charge in [0.05, 0.1) is 0 Å². The van der Waals surface area contributed by atoms with Gasteiger partial charge in [-0.25, -0.2) is 0 Å². The van der Waals surface area contributed by atoms with Crippen molar-refractivity contribution < 1.29 is 4.74 Å². The minimum absolute atomic E-state index is 0.450. The Kier molecular flexibility index (Phi) is 2.50. The Balaban J connectivity index is 1.37. The predicted octanol–water partition coefficient (Wildman–Crippen LogP) is 3.81. The molecule has 4 heteroatoms. The predicted molar refractivity (Wildman–Crippen MR) is 86.4 cm³/mol. The molecule has 2 aromatic rings. The summed E-state index contributed by atoms with van der Waals surface area (Å²) in [5.41, 5.74) is 2.29. The Hall–Kier alpha value is -1.58. The highest BCUT2D eigenvalue weighted by molar-refractivity contribution is 5.49. The van der Waals surface area contributed by atoms with E-state index in [9.17, 15) is 0 Å². The Morgan fingerprint density at radius 2 is 1.74 bits per heavy atom. The van der Waals surface area contributed by atoms with Crippen molar-refractivity contribution in [3.63, 3.8) is 0 Å². The Labute approximate surface area is 136 Å². The van der Waals surface area contributed by atoms with Crippen LogP contribution in [0.3, 0.4) is 0 Å². The average Bonchev–Trinajstić information content (AvgIpc) is 3.28. The number of aromatic nitrogens is 3. The Morgan fingerprint density at radius 3 is 2.43 bits per heavy atom. The molecule has 120 valence electrons. The van der Waals surface area contributed by atoms with Gasteiger partial charge in [-0.05, 0) is 74.5 Å². The van der Waals surface area contributed by atoms with Crippen molar-refractivity contribution in [3.8, 4) is 5.75 Å². The first-order valence-electron chi connectivity index (χ1n) is 9.33. The third-order valence-electron chi connectivity index (χ3n) is 6.84. The molecule has 0 amide bonds. The summed E-state index contributed by atoms with van der Waals surface area (Å²) in [6.45, 7) is 0. The largest absolute Gasteiger partial charge is 0.489 e. The fourth-order valence-electron chi connectivity index (χ4n) is 5.89. The molecule has 0 unspecified atom stereocenters. The quantitative estimate of drug-likeness (QED) is 0.865. The van der Waals surface area contributed by atoms with Crippen molar-refractivity contribution in [1.29, 1.82) is 0 Å². The zero-order chi connectivity index (χ0) is 15.0. The fourth-order valence-corrected chi connectivity index (χ4v) is 5.89. The molecular formula is C19H23N3O. The standard InChI is InChI=1S/C19H23N3O/c1-2-13(1)16-9-22-10-20-21-18(22)8-17(16)23-19-14-4-11-3-12(6-14)7-15(19)5-11/h8-15,19H,1-7H2. The van der Waals surface area contributed by atoms with Gasteiger partial charge in [-0.3, -0.25) is 4.40 Å². The van der Waals surface area contributed by atoms with E-state index in [2.05, 4.69) is 22.5 Å². The molecule has 5 aliphatic carbocycles. The van der Waals surface area contributed by atoms with Gasteiger partial charge in [0.1, 0.15) is 18.2 Å². The van der Waals surface area contributed by atoms with Crippen LogP contribution >= 0.6 is 0 Å². The normalized spacial score (nSPS) is 38.3. The molecule has 5 fully saturated rings. The maximum absolute atomic E-state index is 6.72. The lowest BCUT2D eigenvalue weighted by Gasteiger charge is -2.53. The van der Waals surface area contributed by atoms with Crippen LogP contribution in [0, 0.1) is 23.7 Å². The van der Waals surface area contributed by atoms with Crippen molar-refractivity contribution in [2.45, 2.75) is 57.0 Å². The molecule has 4 nitrogen and oxygen atoms in total. The lowest BCUT2D eigenvalue weighted by Crippen LogP contribution is -2.50. The van der Waals surface area contributed by atoms with Crippen LogP contribution in [0.1, 0.15) is 56.4 Å². The van der Waals surface area contributed by atoms with Crippen LogP contribution in [0.5, 0.6) is 5.75 Å². The summed E-state index contributed by atoms with van der Waals surface area (Å²) in [7, 11) is 0. The molecule has 0 aliphatic heterocycles. The molecule has 23 heavy (non-hydrogen) atoms. The van der Waals surface area contributed by atoms with Crippen LogP contribution < -0.4 is 4.74 Å². The van der Waals surface area contributed by atoms with Crippen molar-refractivity contribution >= 4 is 5.65 Å². The molecule has 4 bridgehead atoms. The maximum Gasteiger partial charge on any atom is 0.164 e. The number of pyridine rings is 1. The second-order valence-electron chi connectivity index (χ2n) is 8.48. The number of hydrogen-bond donors (Lipinski definition) is 0. The van der Waals surface area contributed by atoms with Crippen molar-refractivity contribution in [3.05, 3.63) is 24.2 Å². The summed E-state index contributed by atoms with van der Waals surface area (Å²) in [6.07, 6.45) is 14.2. The molecule has 2 heterocycles. The van der Waals surface area contributed by atoms with E-state index < -0.39 is 0 Å². The lowest BCUT2D eigenvalue weighted by atomic mass is 9.55. The molecule has 0 spiro atoms. The van der Waals surface area contributed by atoms with E-state index in [0.29, 0.717) is 12.0 Å². The summed E-state index contributed by atoms with van der Waals surface area (Å²) in [6, 6.07) is 2.13. The van der Waals surface area contributed by atoms with Gasteiger partial charge in [0.25, 0.3) is 0 Å². The topological polar surface area (TPSA) is 39.4 Å². The van der Waals surface area contributed by atoms with Crippen LogP contribution in [0.15, 0.2) is 18.6 Å². The summed E-state index contributed by atoms with van der Waals surface area (Å²) in [4.78, 5) is 0. The molecular weight excluding hydrogens is 286 g/mol. The smallest absolute Gasteiger partial charge is 0.164 e. The second kappa shape index (κ2) is 4.49. The molecule has 0 radical (unpaired) electrons. The van der Waals surface area contributed by atoms with Gasteiger partial charge in [0.2, 0.25) is 0 Å². The molecule has 0 saturated heterocycles. The molecule has 0 atom stereocenters. The van der Waals surface area contributed by atoms with Gasteiger partial charge in [0, 0.05) is 17.8 Å². The Bertz CT molecular complexity index is 735. The second-order valence-corrected chi connectivity index (χ2v) is 8.48. The van der Waals surface area contributed by atoms with Crippen LogP contribution in [-0.4, -0.2) is 20.7 Å². The fraction of sp³-hybridized carbons (Fsp3) is 0.684. The summed E-state index contributed by atoms with van der Waals surface area (Å²) >= 11 is 0. The van der Waals surface area contributed by atoms with E-state index in [0.717, 1.165) is 35.1 Å².